The van der Waals surface area contributed by atoms with Gasteiger partial charge in [-0.05, 0) is 38.5 Å². The van der Waals surface area contributed by atoms with E-state index in [9.17, 15) is 13.2 Å². The molecule has 12 heteroatoms. The molecule has 0 unspecified atom stereocenters. The SMILES string of the molecule is CCCCCc1nc(C)c2c(=O)[nH]c(-c3cc(S(=O)(=O)NCCN4CCOCC4)ccc3OCC)nn12. The highest BCUT2D eigenvalue weighted by atomic mass is 32.2. The lowest BCUT2D eigenvalue weighted by Crippen LogP contribution is -2.41. The second-order valence-corrected chi connectivity index (χ2v) is 10.8. The van der Waals surface area contributed by atoms with Crippen LogP contribution < -0.4 is 15.0 Å². The number of nitrogens with zero attached hydrogens (tertiary/aromatic N) is 4. The van der Waals surface area contributed by atoms with Crippen molar-refractivity contribution in [1.29, 1.82) is 0 Å². The van der Waals surface area contributed by atoms with E-state index in [-0.39, 0.29) is 22.8 Å². The topological polar surface area (TPSA) is 131 Å². The van der Waals surface area contributed by atoms with Crippen LogP contribution in [0.25, 0.3) is 16.9 Å². The highest BCUT2D eigenvalue weighted by molar-refractivity contribution is 7.89. The van der Waals surface area contributed by atoms with Crippen LogP contribution >= 0.6 is 0 Å². The Morgan fingerprint density at radius 3 is 2.70 bits per heavy atom. The minimum Gasteiger partial charge on any atom is -0.493 e. The number of hydrogen-bond donors (Lipinski definition) is 2. The van der Waals surface area contributed by atoms with Crippen LogP contribution in [0.1, 0.15) is 44.6 Å². The summed E-state index contributed by atoms with van der Waals surface area (Å²) in [6, 6.07) is 4.59. The summed E-state index contributed by atoms with van der Waals surface area (Å²) in [7, 11) is -3.80. The van der Waals surface area contributed by atoms with Crippen LogP contribution in [0.2, 0.25) is 0 Å². The van der Waals surface area contributed by atoms with E-state index in [1.807, 2.05) is 6.92 Å². The third-order valence-electron chi connectivity index (χ3n) is 6.39. The van der Waals surface area contributed by atoms with E-state index in [1.54, 1.807) is 17.5 Å². The van der Waals surface area contributed by atoms with Gasteiger partial charge in [0.05, 0.1) is 36.0 Å². The van der Waals surface area contributed by atoms with Gasteiger partial charge in [-0.2, -0.15) is 0 Å². The van der Waals surface area contributed by atoms with Crippen LogP contribution in [-0.2, 0) is 21.2 Å². The van der Waals surface area contributed by atoms with Gasteiger partial charge < -0.3 is 14.5 Å². The maximum Gasteiger partial charge on any atom is 0.277 e. The fourth-order valence-electron chi connectivity index (χ4n) is 4.44. The average Bonchev–Trinajstić information content (AvgIpc) is 3.20. The van der Waals surface area contributed by atoms with Crippen molar-refractivity contribution in [3.8, 4) is 17.1 Å². The molecule has 11 nitrogen and oxygen atoms in total. The molecule has 1 saturated heterocycles. The molecular weight excluding hydrogens is 496 g/mol. The number of hydrogen-bond acceptors (Lipinski definition) is 8. The molecule has 202 valence electrons. The van der Waals surface area contributed by atoms with Gasteiger partial charge in [-0.25, -0.2) is 22.6 Å². The summed E-state index contributed by atoms with van der Waals surface area (Å²) in [5, 5.41) is 4.68. The normalized spacial score (nSPS) is 14.9. The van der Waals surface area contributed by atoms with Gasteiger partial charge in [0, 0.05) is 32.6 Å². The summed E-state index contributed by atoms with van der Waals surface area (Å²) < 4.78 is 41.6. The number of sulfonamides is 1. The minimum absolute atomic E-state index is 0.0701. The number of aryl methyl sites for hydroxylation is 2. The zero-order chi connectivity index (χ0) is 26.4. The third-order valence-corrected chi connectivity index (χ3v) is 7.85. The van der Waals surface area contributed by atoms with Crippen LogP contribution in [0, 0.1) is 6.92 Å². The molecule has 0 atom stereocenters. The maximum absolute atomic E-state index is 13.1. The first kappa shape index (κ1) is 27.2. The Labute approximate surface area is 217 Å². The number of aromatic amines is 1. The molecule has 0 amide bonds. The molecule has 3 heterocycles. The van der Waals surface area contributed by atoms with Gasteiger partial charge in [-0.15, -0.1) is 5.10 Å². The smallest absolute Gasteiger partial charge is 0.277 e. The number of ether oxygens (including phenoxy) is 2. The van der Waals surface area contributed by atoms with Crippen molar-refractivity contribution in [1.82, 2.24) is 29.2 Å². The summed E-state index contributed by atoms with van der Waals surface area (Å²) in [6.45, 7) is 9.88. The van der Waals surface area contributed by atoms with Crippen LogP contribution in [0.4, 0.5) is 0 Å². The van der Waals surface area contributed by atoms with E-state index in [4.69, 9.17) is 9.47 Å². The number of aromatic nitrogens is 4. The Kier molecular flexibility index (Phi) is 8.95. The number of fused-ring (bicyclic) bond motifs is 1. The van der Waals surface area contributed by atoms with Crippen molar-refractivity contribution in [2.75, 3.05) is 46.0 Å². The Hall–Kier alpha value is -2.80. The molecule has 1 aromatic carbocycles. The number of rotatable bonds is 12. The minimum atomic E-state index is -3.80. The van der Waals surface area contributed by atoms with Crippen molar-refractivity contribution in [3.05, 3.63) is 40.1 Å². The van der Waals surface area contributed by atoms with Gasteiger partial charge in [0.1, 0.15) is 11.6 Å². The number of unbranched alkanes of at least 4 members (excludes halogenated alkanes) is 2. The van der Waals surface area contributed by atoms with Gasteiger partial charge in [0.25, 0.3) is 5.56 Å². The van der Waals surface area contributed by atoms with E-state index >= 15 is 0 Å². The van der Waals surface area contributed by atoms with Gasteiger partial charge in [0.2, 0.25) is 10.0 Å². The van der Waals surface area contributed by atoms with Crippen molar-refractivity contribution in [3.63, 3.8) is 0 Å². The maximum atomic E-state index is 13.1. The molecule has 37 heavy (non-hydrogen) atoms. The monoisotopic (exact) mass is 532 g/mol. The fourth-order valence-corrected chi connectivity index (χ4v) is 5.49. The number of morpholine rings is 1. The molecule has 0 aliphatic carbocycles. The molecule has 0 radical (unpaired) electrons. The summed E-state index contributed by atoms with van der Waals surface area (Å²) in [4.78, 5) is 22.7. The van der Waals surface area contributed by atoms with Crippen molar-refractivity contribution in [2.24, 2.45) is 0 Å². The Morgan fingerprint density at radius 2 is 1.97 bits per heavy atom. The molecule has 0 saturated carbocycles. The first-order valence-corrected chi connectivity index (χ1v) is 14.4. The van der Waals surface area contributed by atoms with Crippen LogP contribution in [0.15, 0.2) is 27.9 Å². The van der Waals surface area contributed by atoms with Gasteiger partial charge in [-0.3, -0.25) is 9.69 Å². The standard InChI is InChI=1S/C25H36N6O5S/c1-4-6-7-8-22-27-18(3)23-25(32)28-24(29-31(22)23)20-17-19(9-10-21(20)36-5-2)37(33,34)26-11-12-30-13-15-35-16-14-30/h9-10,17,26H,4-8,11-16H2,1-3H3,(H,28,29,32). The average molecular weight is 533 g/mol. The van der Waals surface area contributed by atoms with Crippen molar-refractivity contribution >= 4 is 15.5 Å². The second-order valence-electron chi connectivity index (χ2n) is 9.08. The first-order chi connectivity index (χ1) is 17.8. The largest absolute Gasteiger partial charge is 0.493 e. The predicted octanol–water partition coefficient (Wildman–Crippen LogP) is 2.13. The molecule has 1 aliphatic heterocycles. The van der Waals surface area contributed by atoms with E-state index in [1.165, 1.54) is 12.1 Å². The van der Waals surface area contributed by atoms with Gasteiger partial charge in [-0.1, -0.05) is 19.8 Å². The summed E-state index contributed by atoms with van der Waals surface area (Å²) in [5.41, 5.74) is 1.05. The number of imidazole rings is 1. The summed E-state index contributed by atoms with van der Waals surface area (Å²) in [5.74, 6) is 1.36. The molecule has 1 aliphatic rings. The fraction of sp³-hybridized carbons (Fsp3) is 0.560. The highest BCUT2D eigenvalue weighted by Crippen LogP contribution is 2.30. The zero-order valence-electron chi connectivity index (χ0n) is 21.7. The molecule has 2 aromatic heterocycles. The van der Waals surface area contributed by atoms with Gasteiger partial charge >= 0.3 is 0 Å². The molecule has 4 rings (SSSR count). The highest BCUT2D eigenvalue weighted by Gasteiger charge is 2.21. The number of benzene rings is 1. The second kappa shape index (κ2) is 12.2. The van der Waals surface area contributed by atoms with E-state index in [0.29, 0.717) is 61.1 Å². The Bertz CT molecular complexity index is 1380. The number of nitrogens with one attached hydrogen (secondary N) is 2. The first-order valence-electron chi connectivity index (χ1n) is 12.9. The summed E-state index contributed by atoms with van der Waals surface area (Å²) >= 11 is 0. The quantitative estimate of drug-likeness (QED) is 0.339. The van der Waals surface area contributed by atoms with Crippen molar-refractivity contribution in [2.45, 2.75) is 51.3 Å². The predicted molar refractivity (Wildman–Crippen MR) is 141 cm³/mol. The Balaban J connectivity index is 1.67. The molecule has 3 aromatic rings. The molecule has 0 bridgehead atoms. The molecule has 0 spiro atoms. The molecule has 1 fully saturated rings. The van der Waals surface area contributed by atoms with Gasteiger partial charge in [0.15, 0.2) is 11.3 Å². The summed E-state index contributed by atoms with van der Waals surface area (Å²) in [6.07, 6.45) is 3.75. The Morgan fingerprint density at radius 1 is 1.19 bits per heavy atom. The third kappa shape index (κ3) is 6.38. The van der Waals surface area contributed by atoms with Crippen molar-refractivity contribution < 1.29 is 17.9 Å². The van der Waals surface area contributed by atoms with E-state index in [2.05, 4.69) is 31.6 Å². The van der Waals surface area contributed by atoms with Crippen LogP contribution in [-0.4, -0.2) is 78.9 Å². The van der Waals surface area contributed by atoms with E-state index in [0.717, 1.165) is 32.4 Å². The zero-order valence-corrected chi connectivity index (χ0v) is 22.6. The lowest BCUT2D eigenvalue weighted by atomic mass is 10.2. The van der Waals surface area contributed by atoms with Crippen LogP contribution in [0.3, 0.4) is 0 Å². The van der Waals surface area contributed by atoms with Crippen LogP contribution in [0.5, 0.6) is 5.75 Å². The lowest BCUT2D eigenvalue weighted by Gasteiger charge is -2.26. The molecular formula is C25H36N6O5S. The lowest BCUT2D eigenvalue weighted by molar-refractivity contribution is 0.0390. The van der Waals surface area contributed by atoms with E-state index < -0.39 is 10.0 Å². The number of H-pyrrole nitrogens is 1. The molecule has 2 N–H and O–H groups in total.